The topological polar surface area (TPSA) is 76.4 Å². The van der Waals surface area contributed by atoms with Crippen LogP contribution < -0.4 is 10.1 Å². The van der Waals surface area contributed by atoms with Gasteiger partial charge >= 0.3 is 5.97 Å². The summed E-state index contributed by atoms with van der Waals surface area (Å²) < 4.78 is 7.00. The first-order valence-electron chi connectivity index (χ1n) is 9.92. The molecule has 3 aromatic carbocycles. The number of methoxy groups -OCH3 is 1. The highest BCUT2D eigenvalue weighted by Gasteiger charge is 2.16. The molecule has 4 aromatic rings. The van der Waals surface area contributed by atoms with Crippen molar-refractivity contribution in [2.75, 3.05) is 12.4 Å². The Balaban J connectivity index is 1.77. The summed E-state index contributed by atoms with van der Waals surface area (Å²) >= 11 is 0. The van der Waals surface area contributed by atoms with E-state index in [4.69, 9.17) is 9.84 Å². The van der Waals surface area contributed by atoms with Gasteiger partial charge in [-0.2, -0.15) is 5.10 Å². The van der Waals surface area contributed by atoms with Crippen molar-refractivity contribution in [2.45, 2.75) is 13.3 Å². The second-order valence-electron chi connectivity index (χ2n) is 7.22. The Morgan fingerprint density at radius 1 is 1.03 bits per heavy atom. The van der Waals surface area contributed by atoms with E-state index in [-0.39, 0.29) is 5.56 Å². The maximum absolute atomic E-state index is 11.8. The van der Waals surface area contributed by atoms with Crippen LogP contribution in [-0.2, 0) is 6.42 Å². The minimum Gasteiger partial charge on any atom is -0.497 e. The third-order valence-corrected chi connectivity index (χ3v) is 5.05. The van der Waals surface area contributed by atoms with Crippen LogP contribution in [0.2, 0.25) is 0 Å². The maximum atomic E-state index is 11.8. The fourth-order valence-electron chi connectivity index (χ4n) is 3.47. The number of nitrogens with one attached hydrogen (secondary N) is 1. The Hall–Kier alpha value is -4.06. The van der Waals surface area contributed by atoms with E-state index in [9.17, 15) is 9.90 Å². The van der Waals surface area contributed by atoms with Crippen LogP contribution >= 0.6 is 0 Å². The molecule has 0 spiro atoms. The minimum absolute atomic E-state index is 0.126. The van der Waals surface area contributed by atoms with Gasteiger partial charge in [-0.05, 0) is 42.3 Å². The van der Waals surface area contributed by atoms with Crippen LogP contribution in [0.5, 0.6) is 5.75 Å². The van der Waals surface area contributed by atoms with E-state index in [1.54, 1.807) is 12.1 Å². The highest BCUT2D eigenvalue weighted by atomic mass is 16.5. The van der Waals surface area contributed by atoms with Gasteiger partial charge in [-0.1, -0.05) is 48.5 Å². The molecule has 0 saturated carbocycles. The van der Waals surface area contributed by atoms with Crippen LogP contribution in [0.15, 0.2) is 78.9 Å². The Kier molecular flexibility index (Phi) is 5.71. The number of carbonyl (C=O) groups is 1. The fraction of sp³-hybridized carbons (Fsp3) is 0.120. The average Bonchev–Trinajstić information content (AvgIpc) is 3.16. The predicted molar refractivity (Wildman–Crippen MR) is 121 cm³/mol. The largest absolute Gasteiger partial charge is 0.497 e. The number of para-hydroxylation sites is 1. The van der Waals surface area contributed by atoms with Gasteiger partial charge < -0.3 is 15.2 Å². The third kappa shape index (κ3) is 4.43. The van der Waals surface area contributed by atoms with Crippen molar-refractivity contribution in [1.82, 2.24) is 9.78 Å². The molecule has 6 nitrogen and oxygen atoms in total. The maximum Gasteiger partial charge on any atom is 0.337 e. The number of nitrogens with zero attached hydrogens (tertiary/aromatic N) is 2. The van der Waals surface area contributed by atoms with Gasteiger partial charge in [0, 0.05) is 12.5 Å². The summed E-state index contributed by atoms with van der Waals surface area (Å²) in [4.78, 5) is 11.8. The van der Waals surface area contributed by atoms with E-state index in [1.807, 2.05) is 60.1 Å². The van der Waals surface area contributed by atoms with E-state index in [0.29, 0.717) is 23.7 Å². The number of aromatic nitrogens is 2. The van der Waals surface area contributed by atoms with Gasteiger partial charge in [-0.15, -0.1) is 0 Å². The molecule has 31 heavy (non-hydrogen) atoms. The lowest BCUT2D eigenvalue weighted by Crippen LogP contribution is -2.08. The number of ether oxygens (including phenoxy) is 1. The Morgan fingerprint density at radius 2 is 1.77 bits per heavy atom. The van der Waals surface area contributed by atoms with Crippen LogP contribution in [0.3, 0.4) is 0 Å². The highest BCUT2D eigenvalue weighted by molar-refractivity contribution is 5.95. The lowest BCUT2D eigenvalue weighted by Gasteiger charge is -2.14. The molecular formula is C25H23N3O3. The number of carboxylic acid groups (broad SMARTS) is 1. The molecule has 0 aliphatic heterocycles. The summed E-state index contributed by atoms with van der Waals surface area (Å²) in [6, 6.07) is 25.0. The normalized spacial score (nSPS) is 10.6. The molecule has 0 aliphatic rings. The van der Waals surface area contributed by atoms with Gasteiger partial charge in [-0.25, -0.2) is 9.48 Å². The van der Waals surface area contributed by atoms with E-state index in [1.165, 1.54) is 13.2 Å². The third-order valence-electron chi connectivity index (χ3n) is 5.05. The number of aromatic carboxylic acids is 1. The molecule has 2 N–H and O–H groups in total. The second kappa shape index (κ2) is 8.75. The number of aryl methyl sites for hydroxylation is 1. The zero-order valence-corrected chi connectivity index (χ0v) is 17.4. The van der Waals surface area contributed by atoms with Crippen molar-refractivity contribution in [2.24, 2.45) is 0 Å². The van der Waals surface area contributed by atoms with Crippen molar-refractivity contribution in [3.8, 4) is 11.4 Å². The van der Waals surface area contributed by atoms with Crippen LogP contribution in [0.1, 0.15) is 27.2 Å². The molecule has 1 heterocycles. The van der Waals surface area contributed by atoms with Crippen molar-refractivity contribution in [3.63, 3.8) is 0 Å². The SMILES string of the molecule is COc1ccc(Nc2cc(Cc3ccccc3)nn2-c2ccccc2C)c(C(=O)O)c1. The lowest BCUT2D eigenvalue weighted by atomic mass is 10.1. The molecule has 156 valence electrons. The van der Waals surface area contributed by atoms with Crippen LogP contribution in [0.4, 0.5) is 11.5 Å². The lowest BCUT2D eigenvalue weighted by molar-refractivity contribution is 0.0697. The van der Waals surface area contributed by atoms with Gasteiger partial charge in [0.15, 0.2) is 0 Å². The Labute approximate surface area is 180 Å². The molecule has 0 aliphatic carbocycles. The number of hydrogen-bond donors (Lipinski definition) is 2. The van der Waals surface area contributed by atoms with Crippen molar-refractivity contribution in [3.05, 3.63) is 101 Å². The van der Waals surface area contributed by atoms with Crippen molar-refractivity contribution >= 4 is 17.5 Å². The molecule has 0 unspecified atom stereocenters. The Bertz CT molecular complexity index is 1220. The number of hydrogen-bond acceptors (Lipinski definition) is 4. The summed E-state index contributed by atoms with van der Waals surface area (Å²) in [5.41, 5.74) is 4.61. The first-order valence-corrected chi connectivity index (χ1v) is 9.92. The molecule has 6 heteroatoms. The first kappa shape index (κ1) is 20.2. The highest BCUT2D eigenvalue weighted by Crippen LogP contribution is 2.28. The molecule has 0 amide bonds. The molecule has 1 aromatic heterocycles. The molecule has 0 fully saturated rings. The van der Waals surface area contributed by atoms with Crippen LogP contribution in [0, 0.1) is 6.92 Å². The first-order chi connectivity index (χ1) is 15.0. The number of anilines is 2. The summed E-state index contributed by atoms with van der Waals surface area (Å²) in [6.07, 6.45) is 0.669. The van der Waals surface area contributed by atoms with E-state index < -0.39 is 5.97 Å². The fourth-order valence-corrected chi connectivity index (χ4v) is 3.47. The summed E-state index contributed by atoms with van der Waals surface area (Å²) in [7, 11) is 1.51. The van der Waals surface area contributed by atoms with Gasteiger partial charge in [0.1, 0.15) is 11.6 Å². The predicted octanol–water partition coefficient (Wildman–Crippen LogP) is 5.22. The molecule has 0 atom stereocenters. The standard InChI is InChI=1S/C25H23N3O3/c1-17-8-6-7-11-23(17)28-24(15-19(27-28)14-18-9-4-3-5-10-18)26-22-13-12-20(31-2)16-21(22)25(29)30/h3-13,15-16,26H,14H2,1-2H3,(H,29,30). The second-order valence-corrected chi connectivity index (χ2v) is 7.22. The van der Waals surface area contributed by atoms with Crippen LogP contribution in [-0.4, -0.2) is 28.0 Å². The zero-order valence-electron chi connectivity index (χ0n) is 17.4. The van der Waals surface area contributed by atoms with E-state index in [2.05, 4.69) is 17.4 Å². The van der Waals surface area contributed by atoms with Crippen LogP contribution in [0.25, 0.3) is 5.69 Å². The molecule has 0 saturated heterocycles. The van der Waals surface area contributed by atoms with Gasteiger partial charge in [0.05, 0.1) is 29.7 Å². The van der Waals surface area contributed by atoms with E-state index >= 15 is 0 Å². The van der Waals surface area contributed by atoms with E-state index in [0.717, 1.165) is 22.5 Å². The van der Waals surface area contributed by atoms with Crippen molar-refractivity contribution in [1.29, 1.82) is 0 Å². The quantitative estimate of drug-likeness (QED) is 0.434. The Morgan fingerprint density at radius 3 is 2.48 bits per heavy atom. The average molecular weight is 413 g/mol. The summed E-state index contributed by atoms with van der Waals surface area (Å²) in [5.74, 6) is 0.140. The van der Waals surface area contributed by atoms with Gasteiger partial charge in [0.25, 0.3) is 0 Å². The molecule has 0 radical (unpaired) electrons. The molecule has 0 bridgehead atoms. The van der Waals surface area contributed by atoms with Gasteiger partial charge in [-0.3, -0.25) is 0 Å². The number of rotatable bonds is 7. The zero-order chi connectivity index (χ0) is 21.8. The summed E-state index contributed by atoms with van der Waals surface area (Å²) in [6.45, 7) is 2.02. The van der Waals surface area contributed by atoms with Gasteiger partial charge in [0.2, 0.25) is 0 Å². The molecule has 4 rings (SSSR count). The number of carboxylic acids is 1. The number of benzene rings is 3. The minimum atomic E-state index is -1.03. The molecular weight excluding hydrogens is 390 g/mol. The summed E-state index contributed by atoms with van der Waals surface area (Å²) in [5, 5.41) is 17.8. The van der Waals surface area contributed by atoms with Crippen molar-refractivity contribution < 1.29 is 14.6 Å². The monoisotopic (exact) mass is 413 g/mol. The smallest absolute Gasteiger partial charge is 0.337 e.